The predicted molar refractivity (Wildman–Crippen MR) is 51.4 cm³/mol. The van der Waals surface area contributed by atoms with Crippen molar-refractivity contribution in [3.05, 3.63) is 0 Å². The molecule has 0 aromatic heterocycles. The Morgan fingerprint density at radius 2 is 1.69 bits per heavy atom. The molecule has 4 nitrogen and oxygen atoms in total. The van der Waals surface area contributed by atoms with Gasteiger partial charge < -0.3 is 5.32 Å². The summed E-state index contributed by atoms with van der Waals surface area (Å²) in [4.78, 5) is 0. The summed E-state index contributed by atoms with van der Waals surface area (Å²) in [6.45, 7) is 0.904. The first-order valence-corrected chi connectivity index (χ1v) is 6.69. The lowest BCUT2D eigenvalue weighted by molar-refractivity contribution is -0.107. The Bertz CT molecular complexity index is 352. The highest BCUT2D eigenvalue weighted by atomic mass is 32.2. The molecule has 0 saturated carbocycles. The Morgan fingerprint density at radius 1 is 1.19 bits per heavy atom. The number of rotatable bonds is 2. The molecule has 2 rings (SSSR count). The molecule has 1 N–H and O–H groups in total. The number of hydrogen-bond donors (Lipinski definition) is 1. The molecule has 2 fully saturated rings. The summed E-state index contributed by atoms with van der Waals surface area (Å²) in [5.41, 5.74) is 0. The highest BCUT2D eigenvalue weighted by molar-refractivity contribution is 7.89. The van der Waals surface area contributed by atoms with Crippen molar-refractivity contribution >= 4 is 10.0 Å². The largest absolute Gasteiger partial charge is 0.404 e. The van der Waals surface area contributed by atoms with Gasteiger partial charge in [-0.15, -0.1) is 0 Å². The maximum absolute atomic E-state index is 12.2. The lowest BCUT2D eigenvalue weighted by Gasteiger charge is -2.34. The van der Waals surface area contributed by atoms with E-state index < -0.39 is 22.0 Å². The van der Waals surface area contributed by atoms with E-state index in [2.05, 4.69) is 5.32 Å². The zero-order valence-corrected chi connectivity index (χ0v) is 9.31. The normalized spacial score (nSPS) is 31.9. The standard InChI is InChI=1S/C8H13F3N2O2S/c9-8(10,11)5-16(14,15)13-6-1-2-7(13)4-12-3-6/h6-7,12H,1-5H2. The average molecular weight is 258 g/mol. The number of piperazine rings is 1. The van der Waals surface area contributed by atoms with Crippen LogP contribution in [0.3, 0.4) is 0 Å². The maximum Gasteiger partial charge on any atom is 0.404 e. The summed E-state index contributed by atoms with van der Waals surface area (Å²) in [5, 5.41) is 3.02. The van der Waals surface area contributed by atoms with E-state index in [0.717, 1.165) is 4.31 Å². The summed E-state index contributed by atoms with van der Waals surface area (Å²) < 4.78 is 60.8. The highest BCUT2D eigenvalue weighted by Crippen LogP contribution is 2.31. The number of sulfonamides is 1. The second-order valence-electron chi connectivity index (χ2n) is 4.24. The number of halogens is 3. The van der Waals surface area contributed by atoms with E-state index in [-0.39, 0.29) is 12.1 Å². The van der Waals surface area contributed by atoms with Gasteiger partial charge in [0, 0.05) is 25.2 Å². The molecule has 2 atom stereocenters. The second-order valence-corrected chi connectivity index (χ2v) is 6.12. The summed E-state index contributed by atoms with van der Waals surface area (Å²) in [6.07, 6.45) is -3.37. The Morgan fingerprint density at radius 3 is 2.12 bits per heavy atom. The van der Waals surface area contributed by atoms with Crippen LogP contribution >= 0.6 is 0 Å². The van der Waals surface area contributed by atoms with Gasteiger partial charge in [0.05, 0.1) is 0 Å². The van der Waals surface area contributed by atoms with Gasteiger partial charge in [-0.1, -0.05) is 0 Å². The zero-order chi connectivity index (χ0) is 12.0. The first-order valence-electron chi connectivity index (χ1n) is 5.08. The molecule has 2 heterocycles. The molecule has 2 unspecified atom stereocenters. The van der Waals surface area contributed by atoms with Gasteiger partial charge in [0.2, 0.25) is 10.0 Å². The molecule has 0 radical (unpaired) electrons. The first kappa shape index (κ1) is 12.1. The van der Waals surface area contributed by atoms with Gasteiger partial charge >= 0.3 is 6.18 Å². The van der Waals surface area contributed by atoms with E-state index in [9.17, 15) is 21.6 Å². The van der Waals surface area contributed by atoms with E-state index in [1.54, 1.807) is 0 Å². The van der Waals surface area contributed by atoms with Crippen molar-refractivity contribution in [1.29, 1.82) is 0 Å². The molecule has 0 aliphatic carbocycles. The molecule has 2 saturated heterocycles. The molecule has 8 heteroatoms. The molecular formula is C8H13F3N2O2S. The monoisotopic (exact) mass is 258 g/mol. The summed E-state index contributed by atoms with van der Waals surface area (Å²) in [6, 6.07) is -0.600. The smallest absolute Gasteiger partial charge is 0.314 e. The number of nitrogens with zero attached hydrogens (tertiary/aromatic N) is 1. The number of nitrogens with one attached hydrogen (secondary N) is 1. The highest BCUT2D eigenvalue weighted by Gasteiger charge is 2.47. The minimum Gasteiger partial charge on any atom is -0.314 e. The molecule has 0 spiro atoms. The predicted octanol–water partition coefficient (Wildman–Crippen LogP) is 0.315. The summed E-state index contributed by atoms with van der Waals surface area (Å²) in [5.74, 6) is -1.74. The molecule has 0 amide bonds. The molecule has 2 aliphatic rings. The van der Waals surface area contributed by atoms with Crippen LogP contribution < -0.4 is 5.32 Å². The molecule has 16 heavy (non-hydrogen) atoms. The van der Waals surface area contributed by atoms with Crippen LogP contribution in [0.4, 0.5) is 13.2 Å². The topological polar surface area (TPSA) is 49.4 Å². The van der Waals surface area contributed by atoms with Crippen LogP contribution in [0.2, 0.25) is 0 Å². The van der Waals surface area contributed by atoms with Crippen molar-refractivity contribution in [3.63, 3.8) is 0 Å². The van der Waals surface area contributed by atoms with Crippen molar-refractivity contribution in [2.45, 2.75) is 31.1 Å². The lowest BCUT2D eigenvalue weighted by Crippen LogP contribution is -2.55. The van der Waals surface area contributed by atoms with E-state index in [1.807, 2.05) is 0 Å². The third-order valence-corrected chi connectivity index (χ3v) is 4.91. The Balaban J connectivity index is 2.18. The lowest BCUT2D eigenvalue weighted by atomic mass is 10.2. The van der Waals surface area contributed by atoms with Crippen molar-refractivity contribution in [1.82, 2.24) is 9.62 Å². The fraction of sp³-hybridized carbons (Fsp3) is 1.00. The fourth-order valence-corrected chi connectivity index (χ4v) is 4.30. The SMILES string of the molecule is O=S(=O)(CC(F)(F)F)N1C2CCC1CNC2. The average Bonchev–Trinajstić information content (AvgIpc) is 2.35. The van der Waals surface area contributed by atoms with Gasteiger partial charge in [-0.2, -0.15) is 17.5 Å². The van der Waals surface area contributed by atoms with Gasteiger partial charge in [-0.25, -0.2) is 8.42 Å². The summed E-state index contributed by atoms with van der Waals surface area (Å²) >= 11 is 0. The van der Waals surface area contributed by atoms with Crippen molar-refractivity contribution in [2.75, 3.05) is 18.8 Å². The first-order chi connectivity index (χ1) is 7.30. The van der Waals surface area contributed by atoms with Gasteiger partial charge in [0.1, 0.15) is 0 Å². The minimum absolute atomic E-state index is 0.300. The molecule has 94 valence electrons. The Labute approximate surface area is 91.8 Å². The van der Waals surface area contributed by atoms with E-state index in [1.165, 1.54) is 0 Å². The van der Waals surface area contributed by atoms with Crippen LogP contribution in [0, 0.1) is 0 Å². The van der Waals surface area contributed by atoms with Crippen LogP contribution in [0.25, 0.3) is 0 Å². The van der Waals surface area contributed by atoms with Gasteiger partial charge in [0.25, 0.3) is 0 Å². The Kier molecular flexibility index (Phi) is 2.92. The van der Waals surface area contributed by atoms with Crippen LogP contribution in [0.1, 0.15) is 12.8 Å². The molecule has 2 bridgehead atoms. The van der Waals surface area contributed by atoms with E-state index in [4.69, 9.17) is 0 Å². The Hall–Kier alpha value is -0.340. The maximum atomic E-state index is 12.2. The van der Waals surface area contributed by atoms with Crippen molar-refractivity contribution in [3.8, 4) is 0 Å². The van der Waals surface area contributed by atoms with Gasteiger partial charge in [-0.05, 0) is 12.8 Å². The number of fused-ring (bicyclic) bond motifs is 2. The number of alkyl halides is 3. The fourth-order valence-electron chi connectivity index (χ4n) is 2.47. The molecule has 0 aromatic rings. The van der Waals surface area contributed by atoms with Crippen molar-refractivity contribution in [2.24, 2.45) is 0 Å². The minimum atomic E-state index is -4.66. The van der Waals surface area contributed by atoms with E-state index >= 15 is 0 Å². The number of hydrogen-bond acceptors (Lipinski definition) is 3. The van der Waals surface area contributed by atoms with E-state index in [0.29, 0.717) is 25.9 Å². The second kappa shape index (κ2) is 3.85. The van der Waals surface area contributed by atoms with Gasteiger partial charge in [0.15, 0.2) is 5.75 Å². The molecular weight excluding hydrogens is 245 g/mol. The van der Waals surface area contributed by atoms with Gasteiger partial charge in [-0.3, -0.25) is 0 Å². The zero-order valence-electron chi connectivity index (χ0n) is 8.50. The van der Waals surface area contributed by atoms with Crippen LogP contribution in [0.5, 0.6) is 0 Å². The third kappa shape index (κ3) is 2.33. The van der Waals surface area contributed by atoms with Crippen molar-refractivity contribution < 1.29 is 21.6 Å². The third-order valence-electron chi connectivity index (χ3n) is 2.98. The molecule has 0 aromatic carbocycles. The van der Waals surface area contributed by atoms with Crippen LogP contribution in [-0.4, -0.2) is 49.8 Å². The van der Waals surface area contributed by atoms with Crippen LogP contribution in [-0.2, 0) is 10.0 Å². The molecule has 2 aliphatic heterocycles. The van der Waals surface area contributed by atoms with Crippen LogP contribution in [0.15, 0.2) is 0 Å². The summed E-state index contributed by atoms with van der Waals surface area (Å²) in [7, 11) is -4.21. The quantitative estimate of drug-likeness (QED) is 0.775.